The Kier molecular flexibility index (Phi) is 9.01. The van der Waals surface area contributed by atoms with Gasteiger partial charge in [-0.05, 0) is 72.8 Å². The minimum atomic E-state index is -0.463. The number of anilines is 1. The Bertz CT molecular complexity index is 1440. The second-order valence-electron chi connectivity index (χ2n) is 8.25. The number of amidine groups is 1. The fraction of sp³-hybridized carbons (Fsp3) is 0.172. The van der Waals surface area contributed by atoms with Crippen molar-refractivity contribution < 1.29 is 28.6 Å². The van der Waals surface area contributed by atoms with E-state index in [1.54, 1.807) is 67.7 Å². The highest BCUT2D eigenvalue weighted by Gasteiger charge is 2.30. The standard InChI is InChI=1S/C29H27N3O6S/c1-4-37-24-15-19(13-14-23(24)38-18-26(33)30-21-10-6-5-7-11-21)16-25-27(34)32(2)29(39-25)31-22-12-8-9-20(17-22)28(35)36-3/h5-17H,4,18H2,1-3H3,(H,30,33). The summed E-state index contributed by atoms with van der Waals surface area (Å²) in [5.41, 5.74) is 2.30. The second-order valence-corrected chi connectivity index (χ2v) is 9.26. The summed E-state index contributed by atoms with van der Waals surface area (Å²) in [5.74, 6) is -0.0989. The van der Waals surface area contributed by atoms with Crippen molar-refractivity contribution in [1.82, 2.24) is 4.90 Å². The Balaban J connectivity index is 1.49. The largest absolute Gasteiger partial charge is 0.490 e. The lowest BCUT2D eigenvalue weighted by Crippen LogP contribution is -2.23. The van der Waals surface area contributed by atoms with E-state index in [9.17, 15) is 14.4 Å². The molecule has 1 aliphatic heterocycles. The van der Waals surface area contributed by atoms with Crippen LogP contribution in [0.25, 0.3) is 6.08 Å². The molecule has 1 aliphatic rings. The molecular formula is C29H27N3O6S. The number of hydrogen-bond acceptors (Lipinski definition) is 8. The number of methoxy groups -OCH3 is 1. The molecule has 1 N–H and O–H groups in total. The molecule has 0 unspecified atom stereocenters. The molecule has 0 bridgehead atoms. The Hall–Kier alpha value is -4.57. The maximum atomic E-state index is 12.9. The molecule has 0 radical (unpaired) electrons. The van der Waals surface area contributed by atoms with Crippen LogP contribution in [0.15, 0.2) is 82.7 Å². The zero-order valence-corrected chi connectivity index (χ0v) is 22.5. The Morgan fingerprint density at radius 2 is 1.79 bits per heavy atom. The quantitative estimate of drug-likeness (QED) is 0.294. The minimum absolute atomic E-state index is 0.189. The number of esters is 1. The van der Waals surface area contributed by atoms with Gasteiger partial charge in [0, 0.05) is 12.7 Å². The molecular weight excluding hydrogens is 518 g/mol. The molecule has 2 amide bonds. The van der Waals surface area contributed by atoms with E-state index in [-0.39, 0.29) is 18.4 Å². The molecule has 1 saturated heterocycles. The number of nitrogens with one attached hydrogen (secondary N) is 1. The van der Waals surface area contributed by atoms with Crippen LogP contribution in [0.4, 0.5) is 11.4 Å². The van der Waals surface area contributed by atoms with Crippen LogP contribution in [-0.2, 0) is 14.3 Å². The third-order valence-corrected chi connectivity index (χ3v) is 6.54. The highest BCUT2D eigenvalue weighted by molar-refractivity contribution is 8.18. The number of para-hydroxylation sites is 1. The van der Waals surface area contributed by atoms with Crippen LogP contribution < -0.4 is 14.8 Å². The lowest BCUT2D eigenvalue weighted by Gasteiger charge is -2.13. The van der Waals surface area contributed by atoms with Crippen molar-refractivity contribution in [2.75, 3.05) is 32.7 Å². The van der Waals surface area contributed by atoms with Crippen molar-refractivity contribution in [2.45, 2.75) is 6.92 Å². The van der Waals surface area contributed by atoms with Crippen LogP contribution in [0.5, 0.6) is 11.5 Å². The van der Waals surface area contributed by atoms with E-state index in [2.05, 4.69) is 10.3 Å². The first-order chi connectivity index (χ1) is 18.9. The zero-order valence-electron chi connectivity index (χ0n) is 21.7. The van der Waals surface area contributed by atoms with Gasteiger partial charge in [-0.25, -0.2) is 9.79 Å². The van der Waals surface area contributed by atoms with Gasteiger partial charge in [0.1, 0.15) is 0 Å². The molecule has 4 rings (SSSR count). The third-order valence-electron chi connectivity index (χ3n) is 5.48. The van der Waals surface area contributed by atoms with E-state index in [1.807, 2.05) is 25.1 Å². The van der Waals surface area contributed by atoms with Crippen LogP contribution >= 0.6 is 11.8 Å². The topological polar surface area (TPSA) is 107 Å². The molecule has 3 aromatic carbocycles. The van der Waals surface area contributed by atoms with Crippen molar-refractivity contribution in [3.05, 3.63) is 88.8 Å². The van der Waals surface area contributed by atoms with Crippen LogP contribution in [0.3, 0.4) is 0 Å². The number of aliphatic imine (C=N–C) groups is 1. The van der Waals surface area contributed by atoms with Crippen molar-refractivity contribution in [3.63, 3.8) is 0 Å². The zero-order chi connectivity index (χ0) is 27.8. The van der Waals surface area contributed by atoms with E-state index in [0.717, 1.165) is 5.56 Å². The average Bonchev–Trinajstić information content (AvgIpc) is 3.20. The summed E-state index contributed by atoms with van der Waals surface area (Å²) < 4.78 is 16.2. The first-order valence-corrected chi connectivity index (χ1v) is 12.9. The van der Waals surface area contributed by atoms with Gasteiger partial charge in [0.2, 0.25) is 0 Å². The first kappa shape index (κ1) is 27.5. The van der Waals surface area contributed by atoms with Crippen LogP contribution in [0.1, 0.15) is 22.8 Å². The van der Waals surface area contributed by atoms with E-state index in [0.29, 0.717) is 45.1 Å². The van der Waals surface area contributed by atoms with E-state index >= 15 is 0 Å². The molecule has 1 fully saturated rings. The fourth-order valence-electron chi connectivity index (χ4n) is 3.60. The molecule has 3 aromatic rings. The normalized spacial score (nSPS) is 14.9. The predicted octanol–water partition coefficient (Wildman–Crippen LogP) is 5.12. The smallest absolute Gasteiger partial charge is 0.337 e. The average molecular weight is 546 g/mol. The monoisotopic (exact) mass is 545 g/mol. The molecule has 0 aromatic heterocycles. The third kappa shape index (κ3) is 7.05. The Morgan fingerprint density at radius 3 is 2.54 bits per heavy atom. The fourth-order valence-corrected chi connectivity index (χ4v) is 4.58. The van der Waals surface area contributed by atoms with Crippen LogP contribution in [0, 0.1) is 0 Å². The Labute approximate surface area is 230 Å². The number of amides is 2. The number of ether oxygens (including phenoxy) is 3. The lowest BCUT2D eigenvalue weighted by molar-refractivity contribution is -0.121. The number of benzene rings is 3. The van der Waals surface area contributed by atoms with Gasteiger partial charge in [-0.2, -0.15) is 0 Å². The number of rotatable bonds is 9. The molecule has 10 heteroatoms. The summed E-state index contributed by atoms with van der Waals surface area (Å²) in [6.07, 6.45) is 1.74. The molecule has 0 aliphatic carbocycles. The van der Waals surface area contributed by atoms with Crippen molar-refractivity contribution >= 4 is 52.2 Å². The number of hydrogen-bond donors (Lipinski definition) is 1. The predicted molar refractivity (Wildman–Crippen MR) is 151 cm³/mol. The number of thioether (sulfide) groups is 1. The van der Waals surface area contributed by atoms with Gasteiger partial charge in [-0.15, -0.1) is 0 Å². The van der Waals surface area contributed by atoms with Crippen molar-refractivity contribution in [3.8, 4) is 11.5 Å². The molecule has 0 saturated carbocycles. The maximum absolute atomic E-state index is 12.9. The maximum Gasteiger partial charge on any atom is 0.337 e. The number of carbonyl (C=O) groups excluding carboxylic acids is 3. The Morgan fingerprint density at radius 1 is 1.00 bits per heavy atom. The number of nitrogens with zero attached hydrogens (tertiary/aromatic N) is 2. The molecule has 39 heavy (non-hydrogen) atoms. The van der Waals surface area contributed by atoms with E-state index in [4.69, 9.17) is 14.2 Å². The summed E-state index contributed by atoms with van der Waals surface area (Å²) in [5, 5.41) is 3.25. The SMILES string of the molecule is CCOc1cc(C=C2SC(=Nc3cccc(C(=O)OC)c3)N(C)C2=O)ccc1OCC(=O)Nc1ccccc1. The van der Waals surface area contributed by atoms with Gasteiger partial charge in [-0.3, -0.25) is 14.5 Å². The summed E-state index contributed by atoms with van der Waals surface area (Å²) in [7, 11) is 2.96. The molecule has 200 valence electrons. The van der Waals surface area contributed by atoms with Crippen LogP contribution in [0.2, 0.25) is 0 Å². The van der Waals surface area contributed by atoms with Crippen LogP contribution in [-0.4, -0.2) is 55.2 Å². The summed E-state index contributed by atoms with van der Waals surface area (Å²) in [4.78, 5) is 43.5. The van der Waals surface area contributed by atoms with E-state index in [1.165, 1.54) is 23.8 Å². The van der Waals surface area contributed by atoms with Crippen molar-refractivity contribution in [2.24, 2.45) is 4.99 Å². The minimum Gasteiger partial charge on any atom is -0.490 e. The summed E-state index contributed by atoms with van der Waals surface area (Å²) >= 11 is 1.22. The molecule has 9 nitrogen and oxygen atoms in total. The van der Waals surface area contributed by atoms with Gasteiger partial charge in [0.05, 0.1) is 29.9 Å². The van der Waals surface area contributed by atoms with E-state index < -0.39 is 5.97 Å². The number of carbonyl (C=O) groups is 3. The highest BCUT2D eigenvalue weighted by Crippen LogP contribution is 2.35. The van der Waals surface area contributed by atoms with Gasteiger partial charge in [-0.1, -0.05) is 30.3 Å². The number of likely N-dealkylation sites (N-methyl/N-ethyl adjacent to an activating group) is 1. The first-order valence-electron chi connectivity index (χ1n) is 12.1. The van der Waals surface area contributed by atoms with Gasteiger partial charge in [0.25, 0.3) is 11.8 Å². The van der Waals surface area contributed by atoms with Gasteiger partial charge in [0.15, 0.2) is 23.3 Å². The summed E-state index contributed by atoms with van der Waals surface area (Å²) in [6, 6.07) is 21.0. The second kappa shape index (κ2) is 12.8. The molecule has 0 atom stereocenters. The summed E-state index contributed by atoms with van der Waals surface area (Å²) in [6.45, 7) is 2.05. The molecule has 0 spiro atoms. The van der Waals surface area contributed by atoms with Crippen molar-refractivity contribution in [1.29, 1.82) is 0 Å². The molecule has 1 heterocycles. The van der Waals surface area contributed by atoms with Gasteiger partial charge >= 0.3 is 5.97 Å². The lowest BCUT2D eigenvalue weighted by atomic mass is 10.2. The van der Waals surface area contributed by atoms with Gasteiger partial charge < -0.3 is 19.5 Å². The highest BCUT2D eigenvalue weighted by atomic mass is 32.2.